The van der Waals surface area contributed by atoms with Gasteiger partial charge in [-0.1, -0.05) is 77.4 Å². The van der Waals surface area contributed by atoms with Crippen molar-refractivity contribution in [1.29, 1.82) is 0 Å². The third-order valence-corrected chi connectivity index (χ3v) is 7.31. The average molecular weight is 586 g/mol. The van der Waals surface area contributed by atoms with Crippen LogP contribution in [0.25, 0.3) is 11.3 Å². The van der Waals surface area contributed by atoms with E-state index in [4.69, 9.17) is 14.2 Å². The summed E-state index contributed by atoms with van der Waals surface area (Å²) in [6.07, 6.45) is 18.1. The highest BCUT2D eigenvalue weighted by Crippen LogP contribution is 2.23. The molecule has 43 heavy (non-hydrogen) atoms. The Morgan fingerprint density at radius 2 is 1.35 bits per heavy atom. The Morgan fingerprint density at radius 3 is 1.95 bits per heavy atom. The summed E-state index contributed by atoms with van der Waals surface area (Å²) < 4.78 is 16.4. The van der Waals surface area contributed by atoms with Crippen molar-refractivity contribution in [2.45, 2.75) is 90.4 Å². The Morgan fingerprint density at radius 1 is 0.721 bits per heavy atom. The van der Waals surface area contributed by atoms with Crippen LogP contribution in [-0.2, 0) is 16.0 Å². The second-order valence-electron chi connectivity index (χ2n) is 10.8. The van der Waals surface area contributed by atoms with E-state index in [0.29, 0.717) is 24.5 Å². The molecule has 3 aromatic rings. The van der Waals surface area contributed by atoms with Crippen molar-refractivity contribution in [2.75, 3.05) is 13.2 Å². The van der Waals surface area contributed by atoms with E-state index in [2.05, 4.69) is 24.6 Å². The molecule has 0 amide bonds. The highest BCUT2D eigenvalue weighted by atomic mass is 16.5. The Bertz CT molecular complexity index is 1220. The summed E-state index contributed by atoms with van der Waals surface area (Å²) in [5, 5.41) is 0. The molecule has 0 unspecified atom stereocenters. The summed E-state index contributed by atoms with van der Waals surface area (Å²) in [5.41, 5.74) is 3.63. The van der Waals surface area contributed by atoms with Crippen LogP contribution < -0.4 is 9.47 Å². The van der Waals surface area contributed by atoms with E-state index in [1.165, 1.54) is 63.0 Å². The van der Waals surface area contributed by atoms with Gasteiger partial charge in [0.15, 0.2) is 0 Å². The molecule has 0 aliphatic carbocycles. The first-order chi connectivity index (χ1) is 21.1. The van der Waals surface area contributed by atoms with Gasteiger partial charge in [-0.15, -0.1) is 0 Å². The number of carbonyl (C=O) groups is 2. The van der Waals surface area contributed by atoms with Crippen LogP contribution in [0.4, 0.5) is 0 Å². The predicted molar refractivity (Wildman–Crippen MR) is 173 cm³/mol. The van der Waals surface area contributed by atoms with Crippen molar-refractivity contribution in [3.05, 3.63) is 90.6 Å². The van der Waals surface area contributed by atoms with E-state index < -0.39 is 5.97 Å². The molecule has 0 bridgehead atoms. The van der Waals surface area contributed by atoms with Crippen molar-refractivity contribution < 1.29 is 23.8 Å². The molecule has 230 valence electrons. The molecule has 6 heteroatoms. The van der Waals surface area contributed by atoms with Crippen molar-refractivity contribution >= 4 is 11.9 Å². The van der Waals surface area contributed by atoms with E-state index in [1.54, 1.807) is 24.3 Å². The zero-order chi connectivity index (χ0) is 30.5. The molecule has 0 atom stereocenters. The molecule has 0 saturated heterocycles. The summed E-state index contributed by atoms with van der Waals surface area (Å²) >= 11 is 0. The molecule has 0 saturated carbocycles. The average Bonchev–Trinajstić information content (AvgIpc) is 3.04. The van der Waals surface area contributed by atoms with Crippen LogP contribution in [-0.4, -0.2) is 30.1 Å². The minimum absolute atomic E-state index is 0.341. The van der Waals surface area contributed by atoms with E-state index in [-0.39, 0.29) is 5.97 Å². The van der Waals surface area contributed by atoms with Gasteiger partial charge in [-0.05, 0) is 85.8 Å². The molecule has 1 heterocycles. The lowest BCUT2D eigenvalue weighted by Crippen LogP contribution is -2.08. The van der Waals surface area contributed by atoms with Gasteiger partial charge in [0.05, 0.1) is 24.5 Å². The lowest BCUT2D eigenvalue weighted by molar-refractivity contribution is -0.137. The summed E-state index contributed by atoms with van der Waals surface area (Å²) in [6, 6.07) is 18.7. The summed E-state index contributed by atoms with van der Waals surface area (Å²) in [4.78, 5) is 28.2. The number of carbonyl (C=O) groups excluding carboxylic acids is 2. The minimum Gasteiger partial charge on any atom is -0.494 e. The van der Waals surface area contributed by atoms with E-state index in [9.17, 15) is 9.59 Å². The highest BCUT2D eigenvalue weighted by Gasteiger charge is 2.10. The molecule has 2 aromatic carbocycles. The molecule has 1 aromatic heterocycles. The number of hydrogen-bond donors (Lipinski definition) is 0. The second kappa shape index (κ2) is 20.1. The molecule has 0 spiro atoms. The zero-order valence-electron chi connectivity index (χ0n) is 25.7. The Balaban J connectivity index is 1.27. The Labute approximate surface area is 257 Å². The first kappa shape index (κ1) is 33.6. The fourth-order valence-electron chi connectivity index (χ4n) is 4.73. The van der Waals surface area contributed by atoms with Crippen LogP contribution in [0.2, 0.25) is 0 Å². The highest BCUT2D eigenvalue weighted by molar-refractivity contribution is 5.91. The van der Waals surface area contributed by atoms with Gasteiger partial charge in [0, 0.05) is 17.8 Å². The Kier molecular flexibility index (Phi) is 15.7. The van der Waals surface area contributed by atoms with E-state index in [0.717, 1.165) is 49.1 Å². The topological polar surface area (TPSA) is 74.7 Å². The van der Waals surface area contributed by atoms with Crippen LogP contribution in [0, 0.1) is 0 Å². The quantitative estimate of drug-likeness (QED) is 0.0537. The SMILES string of the molecule is C=CC(=O)OCCCCCCCCCCCOc1ccc(C(=O)Oc2ccc(-c3ccc(CCCCC)cn3)cc2)cc1. The van der Waals surface area contributed by atoms with Gasteiger partial charge in [0.1, 0.15) is 11.5 Å². The smallest absolute Gasteiger partial charge is 0.343 e. The van der Waals surface area contributed by atoms with Crippen LogP contribution >= 0.6 is 0 Å². The number of ether oxygens (including phenoxy) is 3. The molecule has 0 N–H and O–H groups in total. The van der Waals surface area contributed by atoms with Gasteiger partial charge in [-0.25, -0.2) is 9.59 Å². The Hall–Kier alpha value is -3.93. The number of hydrogen-bond acceptors (Lipinski definition) is 6. The molecule has 0 aliphatic rings. The van der Waals surface area contributed by atoms with Crippen LogP contribution in [0.5, 0.6) is 11.5 Å². The maximum Gasteiger partial charge on any atom is 0.343 e. The summed E-state index contributed by atoms with van der Waals surface area (Å²) in [7, 11) is 0. The van der Waals surface area contributed by atoms with Crippen LogP contribution in [0.1, 0.15) is 99.9 Å². The molecule has 0 aliphatic heterocycles. The van der Waals surface area contributed by atoms with Gasteiger partial charge in [-0.3, -0.25) is 4.98 Å². The third-order valence-electron chi connectivity index (χ3n) is 7.31. The van der Waals surface area contributed by atoms with E-state index >= 15 is 0 Å². The van der Waals surface area contributed by atoms with E-state index in [1.807, 2.05) is 36.5 Å². The normalized spacial score (nSPS) is 10.7. The first-order valence-corrected chi connectivity index (χ1v) is 15.9. The van der Waals surface area contributed by atoms with Gasteiger partial charge in [0.25, 0.3) is 0 Å². The van der Waals surface area contributed by atoms with Gasteiger partial charge in [0.2, 0.25) is 0 Å². The fraction of sp³-hybridized carbons (Fsp3) is 0.432. The number of aryl methyl sites for hydroxylation is 1. The number of esters is 2. The van der Waals surface area contributed by atoms with Gasteiger partial charge < -0.3 is 14.2 Å². The zero-order valence-corrected chi connectivity index (χ0v) is 25.7. The number of aromatic nitrogens is 1. The van der Waals surface area contributed by atoms with Crippen LogP contribution in [0.15, 0.2) is 79.5 Å². The van der Waals surface area contributed by atoms with Crippen molar-refractivity contribution in [1.82, 2.24) is 4.98 Å². The molecule has 0 fully saturated rings. The molecule has 0 radical (unpaired) electrons. The lowest BCUT2D eigenvalue weighted by Gasteiger charge is -2.08. The first-order valence-electron chi connectivity index (χ1n) is 15.9. The van der Waals surface area contributed by atoms with Gasteiger partial charge in [-0.2, -0.15) is 0 Å². The number of unbranched alkanes of at least 4 members (excludes halogenated alkanes) is 10. The number of pyridine rings is 1. The molecule has 6 nitrogen and oxygen atoms in total. The van der Waals surface area contributed by atoms with Crippen molar-refractivity contribution in [3.8, 4) is 22.8 Å². The minimum atomic E-state index is -0.398. The molecular weight excluding hydrogens is 538 g/mol. The molecular formula is C37H47NO5. The maximum absolute atomic E-state index is 12.6. The van der Waals surface area contributed by atoms with Gasteiger partial charge >= 0.3 is 11.9 Å². The summed E-state index contributed by atoms with van der Waals surface area (Å²) in [5.74, 6) is 0.511. The number of rotatable bonds is 21. The van der Waals surface area contributed by atoms with Crippen molar-refractivity contribution in [2.24, 2.45) is 0 Å². The summed E-state index contributed by atoms with van der Waals surface area (Å²) in [6.45, 7) is 6.75. The largest absolute Gasteiger partial charge is 0.494 e. The maximum atomic E-state index is 12.6. The second-order valence-corrected chi connectivity index (χ2v) is 10.8. The molecule has 3 rings (SSSR count). The number of nitrogens with zero attached hydrogens (tertiary/aromatic N) is 1. The number of benzene rings is 2. The monoisotopic (exact) mass is 585 g/mol. The lowest BCUT2D eigenvalue weighted by atomic mass is 10.1. The van der Waals surface area contributed by atoms with Crippen molar-refractivity contribution in [3.63, 3.8) is 0 Å². The predicted octanol–water partition coefficient (Wildman–Crippen LogP) is 9.32. The standard InChI is InChI=1S/C37H47NO5/c1-3-5-13-16-30-17-26-35(38-29-30)31-18-24-34(25-19-31)43-37(40)32-20-22-33(23-21-32)41-27-14-11-9-7-6-8-10-12-15-28-42-36(39)4-2/h4,17-26,29H,2-3,5-16,27-28H2,1H3. The van der Waals surface area contributed by atoms with Crippen LogP contribution in [0.3, 0.4) is 0 Å². The third kappa shape index (κ3) is 13.3. The fourth-order valence-corrected chi connectivity index (χ4v) is 4.73.